The number of nitrogens with zero attached hydrogens (tertiary/aromatic N) is 2. The van der Waals surface area contributed by atoms with Crippen LogP contribution in [-0.4, -0.2) is 16.0 Å². The number of hydrogen-bond acceptors (Lipinski definition) is 5. The van der Waals surface area contributed by atoms with Crippen LogP contribution >= 0.6 is 0 Å². The molecule has 2 aromatic heterocycles. The first kappa shape index (κ1) is 18.6. The van der Waals surface area contributed by atoms with Gasteiger partial charge in [0.25, 0.3) is 0 Å². The van der Waals surface area contributed by atoms with Crippen molar-refractivity contribution in [1.29, 1.82) is 0 Å². The van der Waals surface area contributed by atoms with Gasteiger partial charge in [-0.1, -0.05) is 47.6 Å². The molecule has 0 bridgehead atoms. The number of aryl methyl sites for hydroxylation is 1. The number of halogens is 1. The number of nitrogens with one attached hydrogen (secondary N) is 1. The zero-order chi connectivity index (χ0) is 20.1. The number of rotatable bonds is 7. The Balaban J connectivity index is 1.43. The second kappa shape index (κ2) is 8.52. The Morgan fingerprint density at radius 1 is 1.00 bits per heavy atom. The average molecular weight is 391 g/mol. The lowest BCUT2D eigenvalue weighted by Crippen LogP contribution is -2.29. The molecule has 0 saturated heterocycles. The first-order valence-corrected chi connectivity index (χ1v) is 9.15. The molecule has 29 heavy (non-hydrogen) atoms. The van der Waals surface area contributed by atoms with Crippen molar-refractivity contribution in [3.05, 3.63) is 95.8 Å². The minimum Gasteiger partial charge on any atom is -0.461 e. The third-order valence-corrected chi connectivity index (χ3v) is 4.42. The molecule has 0 spiro atoms. The van der Waals surface area contributed by atoms with Crippen molar-refractivity contribution in [2.45, 2.75) is 18.9 Å². The number of furan rings is 1. The van der Waals surface area contributed by atoms with E-state index >= 15 is 0 Å². The van der Waals surface area contributed by atoms with Gasteiger partial charge >= 0.3 is 0 Å². The molecule has 1 N–H and O–H groups in total. The summed E-state index contributed by atoms with van der Waals surface area (Å²) in [6.45, 7) is 0. The van der Waals surface area contributed by atoms with Crippen LogP contribution in [0.1, 0.15) is 29.5 Å². The monoisotopic (exact) mass is 391 g/mol. The van der Waals surface area contributed by atoms with E-state index in [0.29, 0.717) is 23.9 Å². The minimum atomic E-state index is -0.384. The summed E-state index contributed by atoms with van der Waals surface area (Å²) in [4.78, 5) is 16.8. The largest absolute Gasteiger partial charge is 0.461 e. The molecule has 1 unspecified atom stereocenters. The Morgan fingerprint density at radius 3 is 2.48 bits per heavy atom. The van der Waals surface area contributed by atoms with Gasteiger partial charge in [-0.15, -0.1) is 0 Å². The summed E-state index contributed by atoms with van der Waals surface area (Å²) in [5.74, 6) is 0.699. The second-order valence-electron chi connectivity index (χ2n) is 6.45. The second-order valence-corrected chi connectivity index (χ2v) is 6.45. The van der Waals surface area contributed by atoms with Gasteiger partial charge < -0.3 is 14.3 Å². The summed E-state index contributed by atoms with van der Waals surface area (Å²) in [6, 6.07) is 18.7. The molecule has 6 nitrogen and oxygen atoms in total. The van der Waals surface area contributed by atoms with Gasteiger partial charge in [0.2, 0.25) is 17.6 Å². The Morgan fingerprint density at radius 2 is 1.76 bits per heavy atom. The van der Waals surface area contributed by atoms with Gasteiger partial charge in [-0.25, -0.2) is 4.39 Å². The van der Waals surface area contributed by atoms with Crippen LogP contribution in [0.25, 0.3) is 11.6 Å². The van der Waals surface area contributed by atoms with E-state index in [4.69, 9.17) is 8.94 Å². The van der Waals surface area contributed by atoms with Crippen molar-refractivity contribution < 1.29 is 18.1 Å². The van der Waals surface area contributed by atoms with Crippen LogP contribution in [0, 0.1) is 5.82 Å². The first-order chi connectivity index (χ1) is 14.2. The summed E-state index contributed by atoms with van der Waals surface area (Å²) in [5.41, 5.74) is 1.70. The fraction of sp³-hybridized carbons (Fsp3) is 0.136. The van der Waals surface area contributed by atoms with Crippen LogP contribution in [0.15, 0.2) is 81.9 Å². The molecule has 1 atom stereocenters. The topological polar surface area (TPSA) is 81.2 Å². The highest BCUT2D eigenvalue weighted by molar-refractivity contribution is 5.77. The molecule has 146 valence electrons. The molecular weight excluding hydrogens is 373 g/mol. The summed E-state index contributed by atoms with van der Waals surface area (Å²) < 4.78 is 23.7. The lowest BCUT2D eigenvalue weighted by atomic mass is 9.98. The summed E-state index contributed by atoms with van der Waals surface area (Å²) in [6.07, 6.45) is 1.99. The van der Waals surface area contributed by atoms with E-state index in [1.165, 1.54) is 18.4 Å². The highest BCUT2D eigenvalue weighted by atomic mass is 19.1. The third-order valence-electron chi connectivity index (χ3n) is 4.42. The normalized spacial score (nSPS) is 11.9. The highest BCUT2D eigenvalue weighted by Gasteiger charge is 2.18. The van der Waals surface area contributed by atoms with Crippen molar-refractivity contribution in [2.75, 3.05) is 0 Å². The van der Waals surface area contributed by atoms with Gasteiger partial charge in [0.1, 0.15) is 5.82 Å². The lowest BCUT2D eigenvalue weighted by molar-refractivity contribution is -0.121. The van der Waals surface area contributed by atoms with Crippen LogP contribution in [0.2, 0.25) is 0 Å². The van der Waals surface area contributed by atoms with E-state index in [-0.39, 0.29) is 24.2 Å². The highest BCUT2D eigenvalue weighted by Crippen LogP contribution is 2.23. The van der Waals surface area contributed by atoms with Crippen molar-refractivity contribution >= 4 is 5.91 Å². The Hall–Kier alpha value is -3.74. The molecule has 4 aromatic rings. The molecular formula is C22H18FN3O3. The van der Waals surface area contributed by atoms with Gasteiger partial charge in [0.05, 0.1) is 12.3 Å². The zero-order valence-corrected chi connectivity index (χ0v) is 15.4. The number of carbonyl (C=O) groups is 1. The molecule has 4 rings (SSSR count). The standard InChI is InChI=1S/C22H18FN3O3/c23-17-10-8-16(9-11-17)21(15-5-2-1-3-6-15)24-19(27)12-13-20-25-22(26-29-20)18-7-4-14-28-18/h1-11,14,21H,12-13H2,(H,24,27). The smallest absolute Gasteiger partial charge is 0.238 e. The van der Waals surface area contributed by atoms with Crippen LogP contribution < -0.4 is 5.32 Å². The van der Waals surface area contributed by atoms with E-state index in [1.807, 2.05) is 30.3 Å². The summed E-state index contributed by atoms with van der Waals surface area (Å²) in [7, 11) is 0. The minimum absolute atomic E-state index is 0.171. The maximum absolute atomic E-state index is 13.3. The molecule has 0 radical (unpaired) electrons. The van der Waals surface area contributed by atoms with Crippen LogP contribution in [-0.2, 0) is 11.2 Å². The molecule has 2 aromatic carbocycles. The van der Waals surface area contributed by atoms with Crippen LogP contribution in [0.5, 0.6) is 0 Å². The SMILES string of the molecule is O=C(CCc1nc(-c2ccco2)no1)NC(c1ccccc1)c1ccc(F)cc1. The number of carbonyl (C=O) groups excluding carboxylic acids is 1. The van der Waals surface area contributed by atoms with Crippen molar-refractivity contribution in [2.24, 2.45) is 0 Å². The fourth-order valence-electron chi connectivity index (χ4n) is 2.98. The molecule has 7 heteroatoms. The van der Waals surface area contributed by atoms with Gasteiger partial charge in [-0.2, -0.15) is 4.98 Å². The van der Waals surface area contributed by atoms with Crippen molar-refractivity contribution in [3.8, 4) is 11.6 Å². The first-order valence-electron chi connectivity index (χ1n) is 9.15. The van der Waals surface area contributed by atoms with Crippen molar-refractivity contribution in [1.82, 2.24) is 15.5 Å². The fourth-order valence-corrected chi connectivity index (χ4v) is 2.98. The van der Waals surface area contributed by atoms with Gasteiger partial charge in [0.15, 0.2) is 5.76 Å². The Labute approximate surface area is 166 Å². The molecule has 0 saturated carbocycles. The van der Waals surface area contributed by atoms with Crippen molar-refractivity contribution in [3.63, 3.8) is 0 Å². The Kier molecular flexibility index (Phi) is 5.47. The number of hydrogen-bond donors (Lipinski definition) is 1. The molecule has 0 fully saturated rings. The van der Waals surface area contributed by atoms with Gasteiger partial charge in [-0.3, -0.25) is 4.79 Å². The number of benzene rings is 2. The molecule has 0 aliphatic carbocycles. The van der Waals surface area contributed by atoms with Gasteiger partial charge in [0, 0.05) is 12.8 Å². The number of aromatic nitrogens is 2. The van der Waals surface area contributed by atoms with E-state index < -0.39 is 0 Å². The third kappa shape index (κ3) is 4.57. The maximum Gasteiger partial charge on any atom is 0.238 e. The molecule has 0 aliphatic rings. The van der Waals surface area contributed by atoms with E-state index in [1.54, 1.807) is 24.3 Å². The number of amides is 1. The van der Waals surface area contributed by atoms with E-state index in [9.17, 15) is 9.18 Å². The zero-order valence-electron chi connectivity index (χ0n) is 15.4. The van der Waals surface area contributed by atoms with Gasteiger partial charge in [-0.05, 0) is 35.4 Å². The van der Waals surface area contributed by atoms with E-state index in [0.717, 1.165) is 11.1 Å². The Bertz CT molecular complexity index is 1060. The predicted octanol–water partition coefficient (Wildman–Crippen LogP) is 4.31. The molecule has 2 heterocycles. The molecule has 1 amide bonds. The van der Waals surface area contributed by atoms with E-state index in [2.05, 4.69) is 15.5 Å². The maximum atomic E-state index is 13.3. The van der Waals surface area contributed by atoms with Crippen LogP contribution in [0.4, 0.5) is 4.39 Å². The predicted molar refractivity (Wildman–Crippen MR) is 103 cm³/mol. The summed E-state index contributed by atoms with van der Waals surface area (Å²) in [5, 5.41) is 6.86. The lowest BCUT2D eigenvalue weighted by Gasteiger charge is -2.20. The average Bonchev–Trinajstić information content (AvgIpc) is 3.44. The quantitative estimate of drug-likeness (QED) is 0.508. The summed E-state index contributed by atoms with van der Waals surface area (Å²) >= 11 is 0. The van der Waals surface area contributed by atoms with Crippen LogP contribution in [0.3, 0.4) is 0 Å². The molecule has 0 aliphatic heterocycles.